The van der Waals surface area contributed by atoms with Crippen molar-refractivity contribution >= 4 is 29.3 Å². The Hall–Kier alpha value is -2.88. The minimum absolute atomic E-state index is 0.168. The topological polar surface area (TPSA) is 49.4 Å². The third-order valence-electron chi connectivity index (χ3n) is 4.30. The van der Waals surface area contributed by atoms with Crippen LogP contribution in [0.1, 0.15) is 29.5 Å². The van der Waals surface area contributed by atoms with E-state index in [1.165, 1.54) is 6.08 Å². The Morgan fingerprint density at radius 2 is 2.00 bits per heavy atom. The maximum Gasteiger partial charge on any atom is 0.248 e. The van der Waals surface area contributed by atoms with Crippen molar-refractivity contribution in [2.24, 2.45) is 0 Å². The molecule has 1 aliphatic heterocycles. The number of hydrogen-bond donors (Lipinski definition) is 1. The maximum atomic E-state index is 12.1. The van der Waals surface area contributed by atoms with Crippen LogP contribution in [0.25, 0.3) is 6.08 Å². The monoisotopic (exact) mass is 334 g/mol. The number of anilines is 2. The summed E-state index contributed by atoms with van der Waals surface area (Å²) in [7, 11) is 0. The Bertz CT molecular complexity index is 840. The lowest BCUT2D eigenvalue weighted by atomic mass is 10.1. The third-order valence-corrected chi connectivity index (χ3v) is 4.30. The van der Waals surface area contributed by atoms with Crippen molar-refractivity contribution in [3.63, 3.8) is 0 Å². The molecule has 0 saturated carbocycles. The molecule has 1 heterocycles. The zero-order valence-corrected chi connectivity index (χ0v) is 14.6. The van der Waals surface area contributed by atoms with E-state index in [2.05, 4.69) is 5.32 Å². The standard InChI is InChI=1S/C21H22N2O2/c1-15-5-3-6-17(13-15)8-11-20(24)22-18-9-10-19(16(2)14-18)23-12-4-7-21(23)25/h3,5-6,8-11,13-14H,4,7,12H2,1-2H3,(H,22,24)/b11-8+. The Labute approximate surface area is 148 Å². The smallest absolute Gasteiger partial charge is 0.248 e. The van der Waals surface area contributed by atoms with E-state index in [0.29, 0.717) is 6.42 Å². The molecule has 1 aliphatic rings. The Morgan fingerprint density at radius 3 is 2.68 bits per heavy atom. The van der Waals surface area contributed by atoms with Gasteiger partial charge in [0, 0.05) is 30.4 Å². The predicted molar refractivity (Wildman–Crippen MR) is 102 cm³/mol. The highest BCUT2D eigenvalue weighted by molar-refractivity contribution is 6.02. The van der Waals surface area contributed by atoms with E-state index in [4.69, 9.17) is 0 Å². The normalized spacial score (nSPS) is 14.3. The van der Waals surface area contributed by atoms with Crippen LogP contribution in [0, 0.1) is 13.8 Å². The lowest BCUT2D eigenvalue weighted by Gasteiger charge is -2.19. The number of nitrogens with one attached hydrogen (secondary N) is 1. The van der Waals surface area contributed by atoms with Crippen LogP contribution in [0.3, 0.4) is 0 Å². The maximum absolute atomic E-state index is 12.1. The fraction of sp³-hybridized carbons (Fsp3) is 0.238. The summed E-state index contributed by atoms with van der Waals surface area (Å²) in [5.41, 5.74) is 4.79. The second-order valence-corrected chi connectivity index (χ2v) is 6.39. The molecule has 1 saturated heterocycles. The molecule has 0 unspecified atom stereocenters. The van der Waals surface area contributed by atoms with Gasteiger partial charge in [0.25, 0.3) is 0 Å². The summed E-state index contributed by atoms with van der Waals surface area (Å²) in [5.74, 6) is -0.00752. The van der Waals surface area contributed by atoms with E-state index in [1.54, 1.807) is 6.08 Å². The van der Waals surface area contributed by atoms with Crippen molar-refractivity contribution in [3.8, 4) is 0 Å². The molecule has 0 aliphatic carbocycles. The highest BCUT2D eigenvalue weighted by atomic mass is 16.2. The second-order valence-electron chi connectivity index (χ2n) is 6.39. The van der Waals surface area contributed by atoms with Crippen molar-refractivity contribution in [2.45, 2.75) is 26.7 Å². The lowest BCUT2D eigenvalue weighted by Crippen LogP contribution is -2.24. The molecule has 1 fully saturated rings. The second kappa shape index (κ2) is 7.34. The van der Waals surface area contributed by atoms with Gasteiger partial charge in [-0.2, -0.15) is 0 Å². The zero-order valence-electron chi connectivity index (χ0n) is 14.6. The van der Waals surface area contributed by atoms with Gasteiger partial charge in [0.2, 0.25) is 11.8 Å². The number of hydrogen-bond acceptors (Lipinski definition) is 2. The Balaban J connectivity index is 1.67. The molecule has 0 radical (unpaired) electrons. The molecule has 128 valence electrons. The summed E-state index contributed by atoms with van der Waals surface area (Å²) < 4.78 is 0. The fourth-order valence-corrected chi connectivity index (χ4v) is 3.07. The summed E-state index contributed by atoms with van der Waals surface area (Å²) in [6.07, 6.45) is 4.84. The molecule has 4 heteroatoms. The van der Waals surface area contributed by atoms with Crippen molar-refractivity contribution in [3.05, 3.63) is 65.2 Å². The van der Waals surface area contributed by atoms with Crippen LogP contribution in [0.15, 0.2) is 48.5 Å². The van der Waals surface area contributed by atoms with Gasteiger partial charge in [0.15, 0.2) is 0 Å². The van der Waals surface area contributed by atoms with E-state index in [1.807, 2.05) is 61.2 Å². The number of rotatable bonds is 4. The first kappa shape index (κ1) is 17.0. The van der Waals surface area contributed by atoms with Crippen LogP contribution in [-0.2, 0) is 9.59 Å². The molecular formula is C21H22N2O2. The van der Waals surface area contributed by atoms with Gasteiger partial charge in [0.1, 0.15) is 0 Å². The van der Waals surface area contributed by atoms with E-state index in [0.717, 1.165) is 41.0 Å². The third kappa shape index (κ3) is 4.15. The highest BCUT2D eigenvalue weighted by Crippen LogP contribution is 2.27. The van der Waals surface area contributed by atoms with Crippen LogP contribution < -0.4 is 10.2 Å². The average Bonchev–Trinajstić information content (AvgIpc) is 2.99. The van der Waals surface area contributed by atoms with Crippen molar-refractivity contribution in [1.29, 1.82) is 0 Å². The number of carbonyl (C=O) groups is 2. The van der Waals surface area contributed by atoms with Crippen LogP contribution in [0.2, 0.25) is 0 Å². The van der Waals surface area contributed by atoms with Crippen LogP contribution >= 0.6 is 0 Å². The Kier molecular flexibility index (Phi) is 4.98. The highest BCUT2D eigenvalue weighted by Gasteiger charge is 2.22. The SMILES string of the molecule is Cc1cccc(/C=C/C(=O)Nc2ccc(N3CCCC3=O)c(C)c2)c1. The molecular weight excluding hydrogens is 312 g/mol. The quantitative estimate of drug-likeness (QED) is 0.857. The molecule has 1 N–H and O–H groups in total. The molecule has 0 spiro atoms. The van der Waals surface area contributed by atoms with Gasteiger partial charge in [0.05, 0.1) is 0 Å². The Morgan fingerprint density at radius 1 is 1.16 bits per heavy atom. The van der Waals surface area contributed by atoms with Crippen LogP contribution in [0.4, 0.5) is 11.4 Å². The fourth-order valence-electron chi connectivity index (χ4n) is 3.07. The van der Waals surface area contributed by atoms with E-state index in [-0.39, 0.29) is 11.8 Å². The minimum atomic E-state index is -0.175. The van der Waals surface area contributed by atoms with Crippen LogP contribution in [-0.4, -0.2) is 18.4 Å². The first-order valence-electron chi connectivity index (χ1n) is 8.50. The van der Waals surface area contributed by atoms with E-state index >= 15 is 0 Å². The van der Waals surface area contributed by atoms with E-state index < -0.39 is 0 Å². The summed E-state index contributed by atoms with van der Waals surface area (Å²) in [6.45, 7) is 4.75. The average molecular weight is 334 g/mol. The molecule has 4 nitrogen and oxygen atoms in total. The van der Waals surface area contributed by atoms with Crippen molar-refractivity contribution in [1.82, 2.24) is 0 Å². The molecule has 3 rings (SSSR count). The zero-order chi connectivity index (χ0) is 17.8. The molecule has 2 aromatic rings. The predicted octanol–water partition coefficient (Wildman–Crippen LogP) is 4.08. The van der Waals surface area contributed by atoms with Gasteiger partial charge < -0.3 is 10.2 Å². The van der Waals surface area contributed by atoms with Gasteiger partial charge >= 0.3 is 0 Å². The van der Waals surface area contributed by atoms with Gasteiger partial charge in [-0.3, -0.25) is 9.59 Å². The number of aryl methyl sites for hydroxylation is 2. The molecule has 0 bridgehead atoms. The number of carbonyl (C=O) groups excluding carboxylic acids is 2. The minimum Gasteiger partial charge on any atom is -0.323 e. The summed E-state index contributed by atoms with van der Waals surface area (Å²) in [6, 6.07) is 13.6. The van der Waals surface area contributed by atoms with Gasteiger partial charge in [-0.25, -0.2) is 0 Å². The number of nitrogens with zero attached hydrogens (tertiary/aromatic N) is 1. The number of amides is 2. The lowest BCUT2D eigenvalue weighted by molar-refractivity contribution is -0.117. The van der Waals surface area contributed by atoms with Gasteiger partial charge in [-0.15, -0.1) is 0 Å². The number of benzene rings is 2. The molecule has 2 aromatic carbocycles. The summed E-state index contributed by atoms with van der Waals surface area (Å²) >= 11 is 0. The molecule has 0 aromatic heterocycles. The molecule has 0 atom stereocenters. The first-order chi connectivity index (χ1) is 12.0. The summed E-state index contributed by atoms with van der Waals surface area (Å²) in [4.78, 5) is 25.8. The molecule has 2 amide bonds. The van der Waals surface area contributed by atoms with Crippen LogP contribution in [0.5, 0.6) is 0 Å². The van der Waals surface area contributed by atoms with Crippen molar-refractivity contribution < 1.29 is 9.59 Å². The summed E-state index contributed by atoms with van der Waals surface area (Å²) in [5, 5.41) is 2.87. The van der Waals surface area contributed by atoms with Crippen molar-refractivity contribution in [2.75, 3.05) is 16.8 Å². The van der Waals surface area contributed by atoms with Gasteiger partial charge in [-0.1, -0.05) is 29.8 Å². The van der Waals surface area contributed by atoms with Gasteiger partial charge in [-0.05, 0) is 55.7 Å². The first-order valence-corrected chi connectivity index (χ1v) is 8.50. The van der Waals surface area contributed by atoms with E-state index in [9.17, 15) is 9.59 Å². The largest absolute Gasteiger partial charge is 0.323 e. The molecule has 25 heavy (non-hydrogen) atoms.